The van der Waals surface area contributed by atoms with E-state index in [0.29, 0.717) is 19.5 Å². The van der Waals surface area contributed by atoms with E-state index in [1.165, 1.54) is 42.6 Å². The maximum absolute atomic E-state index is 13.1. The fourth-order valence-electron chi connectivity index (χ4n) is 5.34. The molecular weight excluding hydrogens is 369 g/mol. The van der Waals surface area contributed by atoms with Crippen LogP contribution in [-0.4, -0.2) is 47.1 Å². The fraction of sp³-hybridized carbons (Fsp3) is 0.478. The van der Waals surface area contributed by atoms with Gasteiger partial charge in [0.2, 0.25) is 0 Å². The smallest absolute Gasteiger partial charge is 0.272 e. The van der Waals surface area contributed by atoms with Crippen molar-refractivity contribution >= 4 is 11.6 Å². The molecule has 2 atom stereocenters. The summed E-state index contributed by atoms with van der Waals surface area (Å²) in [7, 11) is 0. The highest BCUT2D eigenvalue weighted by Crippen LogP contribution is 2.51. The molecule has 2 fully saturated rings. The standard InChI is InChI=1S/C23H26FN3O2/c24-16-4-7-20(25-14-16)22(29)27-11-8-23(15-27)13-21(28)18-12-17(5-6-19(18)23)26-9-2-1-3-10-26/h4-7,12,14,21,28H,1-3,8-11,13,15H2. The van der Waals surface area contributed by atoms with Gasteiger partial charge >= 0.3 is 0 Å². The predicted molar refractivity (Wildman–Crippen MR) is 108 cm³/mol. The minimum atomic E-state index is -0.492. The number of anilines is 1. The van der Waals surface area contributed by atoms with Crippen LogP contribution >= 0.6 is 0 Å². The number of hydrogen-bond acceptors (Lipinski definition) is 4. The molecule has 6 heteroatoms. The molecule has 2 unspecified atom stereocenters. The Morgan fingerprint density at radius 3 is 2.72 bits per heavy atom. The van der Waals surface area contributed by atoms with Crippen molar-refractivity contribution in [3.63, 3.8) is 0 Å². The number of carbonyl (C=O) groups excluding carboxylic acids is 1. The van der Waals surface area contributed by atoms with Gasteiger partial charge in [-0.1, -0.05) is 6.07 Å². The van der Waals surface area contributed by atoms with Gasteiger partial charge in [-0.2, -0.15) is 0 Å². The van der Waals surface area contributed by atoms with E-state index >= 15 is 0 Å². The summed E-state index contributed by atoms with van der Waals surface area (Å²) in [6, 6.07) is 9.20. The molecule has 5 nitrogen and oxygen atoms in total. The molecule has 1 spiro atoms. The van der Waals surface area contributed by atoms with Crippen LogP contribution in [0.2, 0.25) is 0 Å². The number of nitrogens with zero attached hydrogens (tertiary/aromatic N) is 3. The molecule has 3 heterocycles. The van der Waals surface area contributed by atoms with Gasteiger partial charge in [-0.25, -0.2) is 9.37 Å². The molecule has 1 aromatic carbocycles. The van der Waals surface area contributed by atoms with E-state index in [1.54, 1.807) is 4.90 Å². The number of rotatable bonds is 2. The minimum Gasteiger partial charge on any atom is -0.388 e. The maximum atomic E-state index is 13.1. The lowest BCUT2D eigenvalue weighted by Crippen LogP contribution is -2.34. The summed E-state index contributed by atoms with van der Waals surface area (Å²) in [6.07, 6.45) is 5.79. The van der Waals surface area contributed by atoms with Gasteiger partial charge in [0.05, 0.1) is 12.3 Å². The molecule has 1 amide bonds. The number of pyridine rings is 1. The average molecular weight is 395 g/mol. The summed E-state index contributed by atoms with van der Waals surface area (Å²) in [6.45, 7) is 3.34. The molecule has 5 rings (SSSR count). The van der Waals surface area contributed by atoms with Crippen LogP contribution in [0.5, 0.6) is 0 Å². The number of carbonyl (C=O) groups is 1. The first-order valence-electron chi connectivity index (χ1n) is 10.5. The highest BCUT2D eigenvalue weighted by Gasteiger charge is 2.48. The first-order chi connectivity index (χ1) is 14.1. The molecular formula is C23H26FN3O2. The highest BCUT2D eigenvalue weighted by atomic mass is 19.1. The van der Waals surface area contributed by atoms with E-state index in [9.17, 15) is 14.3 Å². The first-order valence-corrected chi connectivity index (χ1v) is 10.5. The summed E-state index contributed by atoms with van der Waals surface area (Å²) in [5, 5.41) is 10.8. The third-order valence-electron chi connectivity index (χ3n) is 6.86. The van der Waals surface area contributed by atoms with Crippen LogP contribution in [0, 0.1) is 5.82 Å². The van der Waals surface area contributed by atoms with Crippen molar-refractivity contribution in [3.8, 4) is 0 Å². The van der Waals surface area contributed by atoms with Crippen LogP contribution in [0.25, 0.3) is 0 Å². The van der Waals surface area contributed by atoms with Crippen LogP contribution in [-0.2, 0) is 5.41 Å². The Morgan fingerprint density at radius 2 is 1.97 bits per heavy atom. The number of aliphatic hydroxyl groups is 1. The lowest BCUT2D eigenvalue weighted by atomic mass is 9.81. The molecule has 3 aliphatic rings. The van der Waals surface area contributed by atoms with Gasteiger partial charge in [-0.3, -0.25) is 4.79 Å². The van der Waals surface area contributed by atoms with Crippen LogP contribution < -0.4 is 4.90 Å². The molecule has 29 heavy (non-hydrogen) atoms. The molecule has 1 aliphatic carbocycles. The Kier molecular flexibility index (Phi) is 4.54. The number of aromatic nitrogens is 1. The molecule has 1 N–H and O–H groups in total. The molecule has 0 bridgehead atoms. The van der Waals surface area contributed by atoms with Crippen LogP contribution in [0.15, 0.2) is 36.5 Å². The SMILES string of the molecule is O=C(c1ccc(F)cn1)N1CCC2(CC(O)c3cc(N4CCCCC4)ccc32)C1. The quantitative estimate of drug-likeness (QED) is 0.847. The first kappa shape index (κ1) is 18.6. The summed E-state index contributed by atoms with van der Waals surface area (Å²) in [5.74, 6) is -0.619. The zero-order valence-electron chi connectivity index (χ0n) is 16.5. The molecule has 0 saturated carbocycles. The number of benzene rings is 1. The van der Waals surface area contributed by atoms with Gasteiger partial charge in [0.25, 0.3) is 5.91 Å². The topological polar surface area (TPSA) is 56.7 Å². The predicted octanol–water partition coefficient (Wildman–Crippen LogP) is 3.43. The summed E-state index contributed by atoms with van der Waals surface area (Å²) in [4.78, 5) is 21.0. The van der Waals surface area contributed by atoms with Crippen molar-refractivity contribution in [1.82, 2.24) is 9.88 Å². The van der Waals surface area contributed by atoms with Gasteiger partial charge in [0, 0.05) is 37.3 Å². The van der Waals surface area contributed by atoms with Gasteiger partial charge in [0.1, 0.15) is 11.5 Å². The second kappa shape index (κ2) is 7.10. The Balaban J connectivity index is 1.39. The number of piperidine rings is 1. The number of aliphatic hydroxyl groups excluding tert-OH is 1. The van der Waals surface area contributed by atoms with Crippen molar-refractivity contribution in [1.29, 1.82) is 0 Å². The number of hydrogen-bond donors (Lipinski definition) is 1. The van der Waals surface area contributed by atoms with Gasteiger partial charge in [-0.15, -0.1) is 0 Å². The van der Waals surface area contributed by atoms with Crippen molar-refractivity contribution in [2.45, 2.75) is 43.6 Å². The fourth-order valence-corrected chi connectivity index (χ4v) is 5.34. The van der Waals surface area contributed by atoms with E-state index < -0.39 is 11.9 Å². The lowest BCUT2D eigenvalue weighted by Gasteiger charge is -2.30. The Bertz CT molecular complexity index is 926. The van der Waals surface area contributed by atoms with Crippen LogP contribution in [0.3, 0.4) is 0 Å². The molecule has 1 aromatic heterocycles. The highest BCUT2D eigenvalue weighted by molar-refractivity contribution is 5.92. The van der Waals surface area contributed by atoms with E-state index in [0.717, 1.165) is 31.3 Å². The van der Waals surface area contributed by atoms with E-state index in [1.807, 2.05) is 0 Å². The van der Waals surface area contributed by atoms with Gasteiger partial charge in [0.15, 0.2) is 0 Å². The van der Waals surface area contributed by atoms with Crippen molar-refractivity contribution < 1.29 is 14.3 Å². The van der Waals surface area contributed by atoms with E-state index in [-0.39, 0.29) is 17.0 Å². The van der Waals surface area contributed by atoms with Crippen molar-refractivity contribution in [3.05, 3.63) is 59.2 Å². The molecule has 2 saturated heterocycles. The third kappa shape index (κ3) is 3.19. The minimum absolute atomic E-state index is 0.172. The van der Waals surface area contributed by atoms with Crippen LogP contribution in [0.4, 0.5) is 10.1 Å². The Morgan fingerprint density at radius 1 is 1.14 bits per heavy atom. The third-order valence-corrected chi connectivity index (χ3v) is 6.86. The largest absolute Gasteiger partial charge is 0.388 e. The number of halogens is 1. The Labute approximate surface area is 170 Å². The van der Waals surface area contributed by atoms with Gasteiger partial charge in [-0.05, 0) is 67.5 Å². The lowest BCUT2D eigenvalue weighted by molar-refractivity contribution is 0.0770. The second-order valence-electron chi connectivity index (χ2n) is 8.66. The number of amides is 1. The van der Waals surface area contributed by atoms with E-state index in [2.05, 4.69) is 28.1 Å². The number of likely N-dealkylation sites (tertiary alicyclic amines) is 1. The zero-order chi connectivity index (χ0) is 20.0. The summed E-state index contributed by atoms with van der Waals surface area (Å²) < 4.78 is 13.1. The van der Waals surface area contributed by atoms with Crippen LogP contribution in [0.1, 0.15) is 59.8 Å². The Hall–Kier alpha value is -2.47. The van der Waals surface area contributed by atoms with E-state index in [4.69, 9.17) is 0 Å². The molecule has 152 valence electrons. The molecule has 0 radical (unpaired) electrons. The molecule has 2 aromatic rings. The van der Waals surface area contributed by atoms with Crippen molar-refractivity contribution in [2.24, 2.45) is 0 Å². The maximum Gasteiger partial charge on any atom is 0.272 e. The second-order valence-corrected chi connectivity index (χ2v) is 8.66. The summed E-state index contributed by atoms with van der Waals surface area (Å²) in [5.41, 5.74) is 3.45. The molecule has 2 aliphatic heterocycles. The number of fused-ring (bicyclic) bond motifs is 2. The summed E-state index contributed by atoms with van der Waals surface area (Å²) >= 11 is 0. The van der Waals surface area contributed by atoms with Crippen molar-refractivity contribution in [2.75, 3.05) is 31.1 Å². The monoisotopic (exact) mass is 395 g/mol. The van der Waals surface area contributed by atoms with Gasteiger partial charge < -0.3 is 14.9 Å². The average Bonchev–Trinajstić information content (AvgIpc) is 3.30. The zero-order valence-corrected chi connectivity index (χ0v) is 16.5. The normalized spacial score (nSPS) is 26.2.